The molecule has 0 spiro atoms. The van der Waals surface area contributed by atoms with E-state index in [1.807, 2.05) is 0 Å². The van der Waals surface area contributed by atoms with Crippen molar-refractivity contribution in [3.8, 4) is 0 Å². The zero-order valence-corrected chi connectivity index (χ0v) is 12.7. The summed E-state index contributed by atoms with van der Waals surface area (Å²) in [5, 5.41) is 6.46. The van der Waals surface area contributed by atoms with E-state index >= 15 is 0 Å². The van der Waals surface area contributed by atoms with Crippen LogP contribution >= 0.6 is 11.6 Å². The molecule has 0 aliphatic rings. The van der Waals surface area contributed by atoms with Crippen LogP contribution in [0.1, 0.15) is 19.3 Å². The molecule has 0 amide bonds. The van der Waals surface area contributed by atoms with Gasteiger partial charge in [0.25, 0.3) is 0 Å². The predicted octanol–water partition coefficient (Wildman–Crippen LogP) is 1.80. The third kappa shape index (κ3) is 6.07. The van der Waals surface area contributed by atoms with Gasteiger partial charge in [0, 0.05) is 25.6 Å². The largest absolute Gasteiger partial charge is 0.383 e. The summed E-state index contributed by atoms with van der Waals surface area (Å²) in [4.78, 5) is 7.98. The van der Waals surface area contributed by atoms with Gasteiger partial charge in [-0.3, -0.25) is 0 Å². The standard InChI is InChI=1S/C11H19ClN4O2S/c1-13-9-10(12)15-8-16-11(9)14-6-4-3-5-7-19(2,17)18/h8,13H,3-7H2,1-2H3,(H,14,15,16). The summed E-state index contributed by atoms with van der Waals surface area (Å²) >= 11 is 5.92. The first-order chi connectivity index (χ1) is 8.94. The minimum Gasteiger partial charge on any atom is -0.383 e. The quantitative estimate of drug-likeness (QED) is 0.563. The topological polar surface area (TPSA) is 84.0 Å². The van der Waals surface area contributed by atoms with Gasteiger partial charge < -0.3 is 10.6 Å². The number of sulfone groups is 1. The highest BCUT2D eigenvalue weighted by Crippen LogP contribution is 2.25. The molecule has 0 saturated heterocycles. The third-order valence-corrected chi connectivity index (χ3v) is 3.85. The number of nitrogens with one attached hydrogen (secondary N) is 2. The lowest BCUT2D eigenvalue weighted by atomic mass is 10.2. The molecule has 0 saturated carbocycles. The maximum atomic E-state index is 11.0. The Balaban J connectivity index is 2.32. The molecule has 6 nitrogen and oxygen atoms in total. The first kappa shape index (κ1) is 16.0. The second-order valence-electron chi connectivity index (χ2n) is 4.26. The number of aromatic nitrogens is 2. The summed E-state index contributed by atoms with van der Waals surface area (Å²) in [6.07, 6.45) is 5.07. The van der Waals surface area contributed by atoms with Crippen molar-refractivity contribution in [1.82, 2.24) is 9.97 Å². The Morgan fingerprint density at radius 2 is 2.00 bits per heavy atom. The molecule has 0 aromatic carbocycles. The molecule has 1 rings (SSSR count). The zero-order chi connectivity index (χ0) is 14.3. The Labute approximate surface area is 118 Å². The molecule has 0 unspecified atom stereocenters. The van der Waals surface area contributed by atoms with Crippen molar-refractivity contribution in [2.24, 2.45) is 0 Å². The van der Waals surface area contributed by atoms with Gasteiger partial charge in [-0.15, -0.1) is 0 Å². The SMILES string of the molecule is CNc1c(Cl)ncnc1NCCCCCS(C)(=O)=O. The zero-order valence-electron chi connectivity index (χ0n) is 11.1. The van der Waals surface area contributed by atoms with Crippen molar-refractivity contribution in [2.75, 3.05) is 36.2 Å². The summed E-state index contributed by atoms with van der Waals surface area (Å²) in [7, 11) is -1.10. The fraction of sp³-hybridized carbons (Fsp3) is 0.636. The smallest absolute Gasteiger partial charge is 0.157 e. The summed E-state index contributed by atoms with van der Waals surface area (Å²) in [5.74, 6) is 0.902. The van der Waals surface area contributed by atoms with Crippen molar-refractivity contribution in [2.45, 2.75) is 19.3 Å². The van der Waals surface area contributed by atoms with Gasteiger partial charge in [-0.05, 0) is 12.8 Å². The Kier molecular flexibility index (Phi) is 6.30. The van der Waals surface area contributed by atoms with E-state index < -0.39 is 9.84 Å². The van der Waals surface area contributed by atoms with E-state index in [4.69, 9.17) is 11.6 Å². The Hall–Kier alpha value is -1.08. The predicted molar refractivity (Wildman–Crippen MR) is 78.6 cm³/mol. The second kappa shape index (κ2) is 7.49. The molecule has 1 aromatic rings. The maximum absolute atomic E-state index is 11.0. The van der Waals surface area contributed by atoms with Gasteiger partial charge in [-0.25, -0.2) is 18.4 Å². The van der Waals surface area contributed by atoms with Crippen molar-refractivity contribution >= 4 is 32.9 Å². The highest BCUT2D eigenvalue weighted by molar-refractivity contribution is 7.90. The van der Waals surface area contributed by atoms with Crippen LogP contribution in [0.3, 0.4) is 0 Å². The van der Waals surface area contributed by atoms with Crippen molar-refractivity contribution in [1.29, 1.82) is 0 Å². The summed E-state index contributed by atoms with van der Waals surface area (Å²) < 4.78 is 21.9. The molecule has 19 heavy (non-hydrogen) atoms. The number of halogens is 1. The van der Waals surface area contributed by atoms with E-state index in [2.05, 4.69) is 20.6 Å². The molecule has 0 aliphatic carbocycles. The Morgan fingerprint density at radius 3 is 2.63 bits per heavy atom. The van der Waals surface area contributed by atoms with Crippen molar-refractivity contribution in [3.05, 3.63) is 11.5 Å². The molecule has 0 radical (unpaired) electrons. The highest BCUT2D eigenvalue weighted by Gasteiger charge is 2.07. The summed E-state index contributed by atoms with van der Waals surface area (Å²) in [6, 6.07) is 0. The molecule has 1 aromatic heterocycles. The van der Waals surface area contributed by atoms with Crippen LogP contribution in [0.25, 0.3) is 0 Å². The van der Waals surface area contributed by atoms with Crippen LogP contribution in [0.2, 0.25) is 5.15 Å². The summed E-state index contributed by atoms with van der Waals surface area (Å²) in [6.45, 7) is 0.714. The van der Waals surface area contributed by atoms with Crippen LogP contribution in [0.5, 0.6) is 0 Å². The normalized spacial score (nSPS) is 11.3. The van der Waals surface area contributed by atoms with Crippen LogP contribution in [0.15, 0.2) is 6.33 Å². The minimum absolute atomic E-state index is 0.244. The van der Waals surface area contributed by atoms with Crippen molar-refractivity contribution in [3.63, 3.8) is 0 Å². The van der Waals surface area contributed by atoms with Crippen LogP contribution < -0.4 is 10.6 Å². The molecular formula is C11H19ClN4O2S. The first-order valence-corrected chi connectivity index (χ1v) is 8.47. The van der Waals surface area contributed by atoms with Gasteiger partial charge >= 0.3 is 0 Å². The van der Waals surface area contributed by atoms with Gasteiger partial charge in [-0.1, -0.05) is 18.0 Å². The molecule has 2 N–H and O–H groups in total. The number of unbranched alkanes of at least 4 members (excludes halogenated alkanes) is 2. The second-order valence-corrected chi connectivity index (χ2v) is 6.87. The molecule has 1 heterocycles. The minimum atomic E-state index is -2.85. The van der Waals surface area contributed by atoms with Crippen LogP contribution in [-0.2, 0) is 9.84 Å². The first-order valence-electron chi connectivity index (χ1n) is 6.04. The fourth-order valence-corrected chi connectivity index (χ4v) is 2.55. The number of rotatable bonds is 8. The molecular weight excluding hydrogens is 288 g/mol. The fourth-order valence-electron chi connectivity index (χ4n) is 1.59. The highest BCUT2D eigenvalue weighted by atomic mass is 35.5. The van der Waals surface area contributed by atoms with E-state index in [1.54, 1.807) is 7.05 Å². The molecule has 0 aliphatic heterocycles. The van der Waals surface area contributed by atoms with Gasteiger partial charge in [0.05, 0.1) is 0 Å². The van der Waals surface area contributed by atoms with Crippen LogP contribution in [-0.4, -0.2) is 44.0 Å². The molecule has 0 atom stereocenters. The number of nitrogens with zero attached hydrogens (tertiary/aromatic N) is 2. The molecule has 0 fully saturated rings. The van der Waals surface area contributed by atoms with E-state index in [0.29, 0.717) is 29.6 Å². The lowest BCUT2D eigenvalue weighted by Crippen LogP contribution is -2.08. The monoisotopic (exact) mass is 306 g/mol. The van der Waals surface area contributed by atoms with E-state index in [1.165, 1.54) is 12.6 Å². The van der Waals surface area contributed by atoms with Crippen LogP contribution in [0.4, 0.5) is 11.5 Å². The number of anilines is 2. The average molecular weight is 307 g/mol. The van der Waals surface area contributed by atoms with Gasteiger partial charge in [-0.2, -0.15) is 0 Å². The summed E-state index contributed by atoms with van der Waals surface area (Å²) in [5.41, 5.74) is 0.667. The van der Waals surface area contributed by atoms with Crippen molar-refractivity contribution < 1.29 is 8.42 Å². The Morgan fingerprint density at radius 1 is 1.26 bits per heavy atom. The molecule has 8 heteroatoms. The van der Waals surface area contributed by atoms with E-state index in [0.717, 1.165) is 12.8 Å². The van der Waals surface area contributed by atoms with Gasteiger partial charge in [0.2, 0.25) is 0 Å². The molecule has 0 bridgehead atoms. The van der Waals surface area contributed by atoms with E-state index in [-0.39, 0.29) is 5.75 Å². The maximum Gasteiger partial charge on any atom is 0.157 e. The lowest BCUT2D eigenvalue weighted by molar-refractivity contribution is 0.596. The number of hydrogen-bond acceptors (Lipinski definition) is 6. The number of hydrogen-bond donors (Lipinski definition) is 2. The lowest BCUT2D eigenvalue weighted by Gasteiger charge is -2.10. The third-order valence-electron chi connectivity index (χ3n) is 2.54. The van der Waals surface area contributed by atoms with Gasteiger partial charge in [0.1, 0.15) is 21.9 Å². The van der Waals surface area contributed by atoms with Gasteiger partial charge in [0.15, 0.2) is 11.0 Å². The van der Waals surface area contributed by atoms with E-state index in [9.17, 15) is 8.42 Å². The van der Waals surface area contributed by atoms with Crippen LogP contribution in [0, 0.1) is 0 Å². The molecule has 108 valence electrons. The average Bonchev–Trinajstić information content (AvgIpc) is 2.32. The Bertz CT molecular complexity index is 507.